The minimum atomic E-state index is 0.183. The van der Waals surface area contributed by atoms with E-state index in [1.54, 1.807) is 18.2 Å². The fourth-order valence-electron chi connectivity index (χ4n) is 2.05. The monoisotopic (exact) mass is 320 g/mol. The first kappa shape index (κ1) is 13.9. The van der Waals surface area contributed by atoms with E-state index in [9.17, 15) is 0 Å². The molecule has 1 aliphatic rings. The molecular weight excluding hydrogens is 311 g/mol. The fourth-order valence-corrected chi connectivity index (χ4v) is 2.52. The van der Waals surface area contributed by atoms with Gasteiger partial charge in [-0.3, -0.25) is 0 Å². The Bertz CT molecular complexity index is 741. The molecule has 0 bridgehead atoms. The van der Waals surface area contributed by atoms with Crippen LogP contribution in [0.25, 0.3) is 0 Å². The van der Waals surface area contributed by atoms with Gasteiger partial charge in [-0.15, -0.1) is 0 Å². The maximum atomic E-state index is 8.91. The molecule has 2 aromatic rings. The highest BCUT2D eigenvalue weighted by Gasteiger charge is 2.18. The van der Waals surface area contributed by atoms with Crippen LogP contribution in [-0.4, -0.2) is 6.79 Å². The van der Waals surface area contributed by atoms with Gasteiger partial charge >= 0.3 is 0 Å². The summed E-state index contributed by atoms with van der Waals surface area (Å²) in [6.45, 7) is 0.687. The van der Waals surface area contributed by atoms with Crippen LogP contribution in [0.2, 0.25) is 10.0 Å². The van der Waals surface area contributed by atoms with Crippen LogP contribution >= 0.6 is 23.2 Å². The molecule has 0 aromatic heterocycles. The van der Waals surface area contributed by atoms with Crippen LogP contribution in [0.4, 0.5) is 5.69 Å². The van der Waals surface area contributed by atoms with Gasteiger partial charge in [-0.1, -0.05) is 23.2 Å². The molecule has 106 valence electrons. The molecule has 6 heteroatoms. The van der Waals surface area contributed by atoms with Gasteiger partial charge in [0.25, 0.3) is 0 Å². The summed E-state index contributed by atoms with van der Waals surface area (Å²) in [7, 11) is 0. The quantitative estimate of drug-likeness (QED) is 0.920. The predicted octanol–water partition coefficient (Wildman–Crippen LogP) is 4.21. The fraction of sp³-hybridized carbons (Fsp3) is 0.133. The van der Waals surface area contributed by atoms with Crippen molar-refractivity contribution in [3.63, 3.8) is 0 Å². The lowest BCUT2D eigenvalue weighted by Crippen LogP contribution is -2.00. The standard InChI is InChI=1S/C15H10Cl2N2O2/c16-11-2-1-9(6-18)4-13(11)19-7-10-3-12(17)15-14(5-10)20-8-21-15/h1-5,19H,7-8H2. The van der Waals surface area contributed by atoms with Crippen molar-refractivity contribution in [1.82, 2.24) is 0 Å². The van der Waals surface area contributed by atoms with Crippen molar-refractivity contribution < 1.29 is 9.47 Å². The molecule has 0 atom stereocenters. The number of hydrogen-bond acceptors (Lipinski definition) is 4. The largest absolute Gasteiger partial charge is 0.454 e. The number of hydrogen-bond donors (Lipinski definition) is 1. The Morgan fingerprint density at radius 3 is 2.81 bits per heavy atom. The van der Waals surface area contributed by atoms with Crippen molar-refractivity contribution in [2.45, 2.75) is 6.54 Å². The molecule has 2 aromatic carbocycles. The Hall–Kier alpha value is -2.09. The average molecular weight is 321 g/mol. The lowest BCUT2D eigenvalue weighted by molar-refractivity contribution is 0.174. The third kappa shape index (κ3) is 2.85. The summed E-state index contributed by atoms with van der Waals surface area (Å²) < 4.78 is 10.6. The molecule has 0 spiro atoms. The van der Waals surface area contributed by atoms with Crippen molar-refractivity contribution in [2.75, 3.05) is 12.1 Å². The highest BCUT2D eigenvalue weighted by Crippen LogP contribution is 2.40. The van der Waals surface area contributed by atoms with Gasteiger partial charge in [-0.25, -0.2) is 0 Å². The summed E-state index contributed by atoms with van der Waals surface area (Å²) in [5, 5.41) is 13.2. The first-order valence-electron chi connectivity index (χ1n) is 6.19. The van der Waals surface area contributed by atoms with E-state index in [2.05, 4.69) is 11.4 Å². The first-order valence-corrected chi connectivity index (χ1v) is 6.94. The number of nitrogens with one attached hydrogen (secondary N) is 1. The number of benzene rings is 2. The number of ether oxygens (including phenoxy) is 2. The van der Waals surface area contributed by atoms with E-state index in [-0.39, 0.29) is 6.79 Å². The molecule has 4 nitrogen and oxygen atoms in total. The molecule has 0 amide bonds. The zero-order valence-corrected chi connectivity index (χ0v) is 12.3. The van der Waals surface area contributed by atoms with E-state index in [0.717, 1.165) is 5.56 Å². The second-order valence-electron chi connectivity index (χ2n) is 4.47. The van der Waals surface area contributed by atoms with Gasteiger partial charge in [0.05, 0.1) is 27.4 Å². The average Bonchev–Trinajstić information content (AvgIpc) is 2.95. The first-order chi connectivity index (χ1) is 10.2. The van der Waals surface area contributed by atoms with Gasteiger partial charge in [0.2, 0.25) is 6.79 Å². The summed E-state index contributed by atoms with van der Waals surface area (Å²) in [5.41, 5.74) is 2.18. The molecule has 1 heterocycles. The molecule has 0 fully saturated rings. The molecule has 1 N–H and O–H groups in total. The van der Waals surface area contributed by atoms with Crippen LogP contribution in [0, 0.1) is 11.3 Å². The Kier molecular flexibility index (Phi) is 3.78. The number of halogens is 2. The SMILES string of the molecule is N#Cc1ccc(Cl)c(NCc2cc(Cl)c3c(c2)OCO3)c1. The molecule has 1 aliphatic heterocycles. The Morgan fingerprint density at radius 1 is 1.14 bits per heavy atom. The van der Waals surface area contributed by atoms with Gasteiger partial charge in [0.15, 0.2) is 11.5 Å². The zero-order valence-electron chi connectivity index (χ0n) is 10.8. The topological polar surface area (TPSA) is 54.3 Å². The molecule has 0 saturated heterocycles. The van der Waals surface area contributed by atoms with Crippen LogP contribution in [-0.2, 0) is 6.54 Å². The predicted molar refractivity (Wildman–Crippen MR) is 81.1 cm³/mol. The van der Waals surface area contributed by atoms with Gasteiger partial charge < -0.3 is 14.8 Å². The van der Waals surface area contributed by atoms with E-state index >= 15 is 0 Å². The highest BCUT2D eigenvalue weighted by atomic mass is 35.5. The summed E-state index contributed by atoms with van der Waals surface area (Å²) in [5.74, 6) is 1.21. The second-order valence-corrected chi connectivity index (χ2v) is 5.29. The third-order valence-electron chi connectivity index (χ3n) is 3.07. The van der Waals surface area contributed by atoms with Crippen LogP contribution < -0.4 is 14.8 Å². The van der Waals surface area contributed by atoms with Crippen LogP contribution in [0.1, 0.15) is 11.1 Å². The van der Waals surface area contributed by atoms with Crippen LogP contribution in [0.3, 0.4) is 0 Å². The van der Waals surface area contributed by atoms with Crippen LogP contribution in [0.15, 0.2) is 30.3 Å². The molecule has 3 rings (SSSR count). The van der Waals surface area contributed by atoms with Gasteiger partial charge in [-0.2, -0.15) is 5.26 Å². The minimum Gasteiger partial charge on any atom is -0.454 e. The van der Waals surface area contributed by atoms with E-state index in [1.807, 2.05) is 12.1 Å². The van der Waals surface area contributed by atoms with E-state index in [0.29, 0.717) is 39.3 Å². The van der Waals surface area contributed by atoms with Gasteiger partial charge in [0.1, 0.15) is 0 Å². The second kappa shape index (κ2) is 5.72. The summed E-state index contributed by atoms with van der Waals surface area (Å²) >= 11 is 12.2. The number of nitriles is 1. The maximum Gasteiger partial charge on any atom is 0.231 e. The Balaban J connectivity index is 1.80. The molecular formula is C15H10Cl2N2O2. The normalized spacial score (nSPS) is 12.0. The van der Waals surface area contributed by atoms with E-state index in [1.165, 1.54) is 0 Å². The number of nitrogens with zero attached hydrogens (tertiary/aromatic N) is 1. The Morgan fingerprint density at radius 2 is 2.00 bits per heavy atom. The minimum absolute atomic E-state index is 0.183. The summed E-state index contributed by atoms with van der Waals surface area (Å²) in [4.78, 5) is 0. The lowest BCUT2D eigenvalue weighted by atomic mass is 10.1. The number of rotatable bonds is 3. The number of anilines is 1. The molecule has 0 saturated carbocycles. The van der Waals surface area contributed by atoms with Crippen molar-refractivity contribution in [3.8, 4) is 17.6 Å². The Labute approximate surface area is 131 Å². The third-order valence-corrected chi connectivity index (χ3v) is 3.68. The molecule has 0 aliphatic carbocycles. The summed E-state index contributed by atoms with van der Waals surface area (Å²) in [6.07, 6.45) is 0. The molecule has 0 radical (unpaired) electrons. The van der Waals surface area contributed by atoms with Crippen LogP contribution in [0.5, 0.6) is 11.5 Å². The van der Waals surface area contributed by atoms with E-state index in [4.69, 9.17) is 37.9 Å². The smallest absolute Gasteiger partial charge is 0.231 e. The summed E-state index contributed by atoms with van der Waals surface area (Å²) in [6, 6.07) is 10.8. The van der Waals surface area contributed by atoms with Crippen molar-refractivity contribution in [2.24, 2.45) is 0 Å². The maximum absolute atomic E-state index is 8.91. The lowest BCUT2D eigenvalue weighted by Gasteiger charge is -2.10. The van der Waals surface area contributed by atoms with E-state index < -0.39 is 0 Å². The van der Waals surface area contributed by atoms with Crippen molar-refractivity contribution >= 4 is 28.9 Å². The zero-order chi connectivity index (χ0) is 14.8. The van der Waals surface area contributed by atoms with Crippen molar-refractivity contribution in [1.29, 1.82) is 5.26 Å². The molecule has 21 heavy (non-hydrogen) atoms. The van der Waals surface area contributed by atoms with Crippen molar-refractivity contribution in [3.05, 3.63) is 51.5 Å². The highest BCUT2D eigenvalue weighted by molar-refractivity contribution is 6.33. The molecule has 0 unspecified atom stereocenters. The van der Waals surface area contributed by atoms with Gasteiger partial charge in [-0.05, 0) is 35.9 Å². The number of fused-ring (bicyclic) bond motifs is 1. The van der Waals surface area contributed by atoms with Gasteiger partial charge in [0, 0.05) is 6.54 Å².